The lowest BCUT2D eigenvalue weighted by molar-refractivity contribution is -0.384. The highest BCUT2D eigenvalue weighted by atomic mass is 35.5. The molecule has 3 aromatic rings. The van der Waals surface area contributed by atoms with Crippen molar-refractivity contribution in [3.63, 3.8) is 0 Å². The zero-order valence-corrected chi connectivity index (χ0v) is 15.8. The number of para-hydroxylation sites is 2. The molecular weight excluding hydrogens is 426 g/mol. The van der Waals surface area contributed by atoms with Gasteiger partial charge in [0.05, 0.1) is 15.6 Å². The summed E-state index contributed by atoms with van der Waals surface area (Å²) in [5, 5.41) is 17.2. The van der Waals surface area contributed by atoms with Gasteiger partial charge in [0.1, 0.15) is 11.5 Å². The van der Waals surface area contributed by atoms with Crippen LogP contribution < -0.4 is 14.8 Å². The number of amides is 1. The fourth-order valence-electron chi connectivity index (χ4n) is 2.37. The van der Waals surface area contributed by atoms with Crippen LogP contribution >= 0.6 is 11.6 Å². The lowest BCUT2D eigenvalue weighted by Gasteiger charge is -2.11. The van der Waals surface area contributed by atoms with E-state index in [-0.39, 0.29) is 40.3 Å². The highest BCUT2D eigenvalue weighted by Crippen LogP contribution is 2.29. The normalized spacial score (nSPS) is 10.7. The summed E-state index contributed by atoms with van der Waals surface area (Å²) in [6, 6.07) is 10.9. The lowest BCUT2D eigenvalue weighted by atomic mass is 10.3. The first kappa shape index (κ1) is 21.0. The van der Waals surface area contributed by atoms with Crippen LogP contribution in [-0.2, 0) is 6.73 Å². The zero-order chi connectivity index (χ0) is 21.7. The number of hydrogen-bond donors (Lipinski definition) is 1. The average Bonchev–Trinajstić information content (AvgIpc) is 3.17. The van der Waals surface area contributed by atoms with E-state index < -0.39 is 17.4 Å². The average molecular weight is 439 g/mol. The highest BCUT2D eigenvalue weighted by Gasteiger charge is 2.15. The first-order valence-electron chi connectivity index (χ1n) is 8.29. The van der Waals surface area contributed by atoms with Crippen LogP contribution in [0.25, 0.3) is 0 Å². The van der Waals surface area contributed by atoms with E-state index in [1.54, 1.807) is 6.07 Å². The van der Waals surface area contributed by atoms with Crippen molar-refractivity contribution in [3.8, 4) is 11.5 Å². The fraction of sp³-hybridized carbons (Fsp3) is 0.111. The van der Waals surface area contributed by atoms with E-state index in [4.69, 9.17) is 16.3 Å². The molecule has 0 spiro atoms. The number of alkyl halides is 2. The summed E-state index contributed by atoms with van der Waals surface area (Å²) in [5.41, 5.74) is -0.118. The van der Waals surface area contributed by atoms with Gasteiger partial charge in [-0.3, -0.25) is 14.9 Å². The Hall–Kier alpha value is -3.73. The van der Waals surface area contributed by atoms with Crippen molar-refractivity contribution in [2.24, 2.45) is 0 Å². The summed E-state index contributed by atoms with van der Waals surface area (Å²) in [4.78, 5) is 22.5. The third-order valence-corrected chi connectivity index (χ3v) is 4.00. The summed E-state index contributed by atoms with van der Waals surface area (Å²) in [5.74, 6) is -0.634. The Labute approximate surface area is 172 Å². The van der Waals surface area contributed by atoms with Crippen LogP contribution in [0.2, 0.25) is 5.02 Å². The second kappa shape index (κ2) is 9.18. The molecule has 1 N–H and O–H groups in total. The van der Waals surface area contributed by atoms with Crippen LogP contribution in [0.3, 0.4) is 0 Å². The Kier molecular flexibility index (Phi) is 6.42. The molecule has 12 heteroatoms. The number of rotatable bonds is 8. The summed E-state index contributed by atoms with van der Waals surface area (Å²) < 4.78 is 36.0. The second-order valence-corrected chi connectivity index (χ2v) is 6.12. The predicted molar refractivity (Wildman–Crippen MR) is 102 cm³/mol. The van der Waals surface area contributed by atoms with E-state index in [9.17, 15) is 23.7 Å². The minimum Gasteiger partial charge on any atom is -0.470 e. The maximum Gasteiger partial charge on any atom is 0.387 e. The third kappa shape index (κ3) is 5.20. The summed E-state index contributed by atoms with van der Waals surface area (Å²) >= 11 is 5.95. The molecule has 0 aliphatic rings. The monoisotopic (exact) mass is 438 g/mol. The van der Waals surface area contributed by atoms with Gasteiger partial charge in [-0.15, -0.1) is 0 Å². The number of nitrogens with one attached hydrogen (secondary N) is 1. The molecule has 0 atom stereocenters. The Balaban J connectivity index is 1.64. The quantitative estimate of drug-likeness (QED) is 0.414. The minimum absolute atomic E-state index is 0.000228. The molecule has 0 fully saturated rings. The molecule has 1 heterocycles. The smallest absolute Gasteiger partial charge is 0.387 e. The van der Waals surface area contributed by atoms with Crippen LogP contribution in [0.4, 0.5) is 20.2 Å². The van der Waals surface area contributed by atoms with Crippen molar-refractivity contribution < 1.29 is 28.0 Å². The SMILES string of the molecule is O=C(Nc1ccccc1OC(F)F)c1ccn(COc2ccc([N+](=O)[O-])cc2Cl)n1. The van der Waals surface area contributed by atoms with Crippen molar-refractivity contribution in [1.82, 2.24) is 9.78 Å². The largest absolute Gasteiger partial charge is 0.470 e. The first-order valence-corrected chi connectivity index (χ1v) is 8.66. The molecule has 0 radical (unpaired) electrons. The van der Waals surface area contributed by atoms with Gasteiger partial charge in [0, 0.05) is 18.3 Å². The van der Waals surface area contributed by atoms with E-state index in [1.165, 1.54) is 47.3 Å². The molecule has 0 bridgehead atoms. The van der Waals surface area contributed by atoms with E-state index in [0.29, 0.717) is 0 Å². The number of nitrogens with zero attached hydrogens (tertiary/aromatic N) is 3. The summed E-state index contributed by atoms with van der Waals surface area (Å²) in [6.45, 7) is -3.17. The number of halogens is 3. The maximum absolute atomic E-state index is 12.5. The van der Waals surface area contributed by atoms with Gasteiger partial charge >= 0.3 is 6.61 Å². The topological polar surface area (TPSA) is 109 Å². The van der Waals surface area contributed by atoms with Gasteiger partial charge in [0.2, 0.25) is 0 Å². The molecule has 0 unspecified atom stereocenters. The molecule has 0 aliphatic heterocycles. The molecule has 30 heavy (non-hydrogen) atoms. The van der Waals surface area contributed by atoms with Gasteiger partial charge < -0.3 is 14.8 Å². The lowest BCUT2D eigenvalue weighted by Crippen LogP contribution is -2.15. The summed E-state index contributed by atoms with van der Waals surface area (Å²) in [7, 11) is 0. The molecule has 1 aromatic heterocycles. The van der Waals surface area contributed by atoms with Crippen molar-refractivity contribution in [2.75, 3.05) is 5.32 Å². The summed E-state index contributed by atoms with van der Waals surface area (Å²) in [6.07, 6.45) is 1.45. The Morgan fingerprint density at radius 2 is 2.00 bits per heavy atom. The number of nitro groups is 1. The molecule has 156 valence electrons. The Bertz CT molecular complexity index is 1080. The van der Waals surface area contributed by atoms with Crippen LogP contribution in [0.5, 0.6) is 11.5 Å². The van der Waals surface area contributed by atoms with Crippen molar-refractivity contribution in [1.29, 1.82) is 0 Å². The molecule has 3 rings (SSSR count). The molecule has 0 saturated carbocycles. The molecule has 0 saturated heterocycles. The molecule has 9 nitrogen and oxygen atoms in total. The van der Waals surface area contributed by atoms with Crippen molar-refractivity contribution in [2.45, 2.75) is 13.3 Å². The zero-order valence-electron chi connectivity index (χ0n) is 15.0. The standard InChI is InChI=1S/C18H13ClF2N4O5/c19-12-9-11(25(27)28)5-6-15(12)29-10-24-8-7-14(23-24)17(26)22-13-3-1-2-4-16(13)30-18(20)21/h1-9,18H,10H2,(H,22,26). The van der Waals surface area contributed by atoms with Gasteiger partial charge in [-0.25, -0.2) is 4.68 Å². The number of carbonyl (C=O) groups excluding carboxylic acids is 1. The van der Waals surface area contributed by atoms with Gasteiger partial charge in [-0.05, 0) is 24.3 Å². The van der Waals surface area contributed by atoms with Crippen LogP contribution in [0.1, 0.15) is 10.5 Å². The predicted octanol–water partition coefficient (Wildman–Crippen LogP) is 4.33. The number of nitro benzene ring substituents is 1. The van der Waals surface area contributed by atoms with Gasteiger partial charge in [0.25, 0.3) is 11.6 Å². The first-order chi connectivity index (χ1) is 14.3. The Morgan fingerprint density at radius 1 is 1.23 bits per heavy atom. The maximum atomic E-state index is 12.5. The van der Waals surface area contributed by atoms with Crippen molar-refractivity contribution in [3.05, 3.63) is 75.6 Å². The van der Waals surface area contributed by atoms with Gasteiger partial charge in [-0.2, -0.15) is 13.9 Å². The number of carbonyl (C=O) groups is 1. The van der Waals surface area contributed by atoms with Crippen molar-refractivity contribution >= 4 is 28.9 Å². The number of ether oxygens (including phenoxy) is 2. The number of anilines is 1. The second-order valence-electron chi connectivity index (χ2n) is 5.71. The van der Waals surface area contributed by atoms with Gasteiger partial charge in [-0.1, -0.05) is 23.7 Å². The number of aromatic nitrogens is 2. The number of benzene rings is 2. The van der Waals surface area contributed by atoms with E-state index >= 15 is 0 Å². The Morgan fingerprint density at radius 3 is 2.70 bits per heavy atom. The van der Waals surface area contributed by atoms with Crippen LogP contribution in [0, 0.1) is 10.1 Å². The molecule has 2 aromatic carbocycles. The third-order valence-electron chi connectivity index (χ3n) is 3.70. The number of hydrogen-bond acceptors (Lipinski definition) is 6. The van der Waals surface area contributed by atoms with E-state index in [0.717, 1.165) is 6.07 Å². The molecule has 1 amide bonds. The number of non-ortho nitro benzene ring substituents is 1. The minimum atomic E-state index is -3.04. The fourth-order valence-corrected chi connectivity index (χ4v) is 2.60. The van der Waals surface area contributed by atoms with Gasteiger partial charge in [0.15, 0.2) is 12.4 Å². The molecule has 0 aliphatic carbocycles. The van der Waals surface area contributed by atoms with E-state index in [1.807, 2.05) is 0 Å². The highest BCUT2D eigenvalue weighted by molar-refractivity contribution is 6.32. The van der Waals surface area contributed by atoms with E-state index in [2.05, 4.69) is 15.2 Å². The van der Waals surface area contributed by atoms with Crippen LogP contribution in [0.15, 0.2) is 54.7 Å². The molecular formula is C18H13ClF2N4O5. The van der Waals surface area contributed by atoms with Crippen LogP contribution in [-0.4, -0.2) is 27.2 Å².